The van der Waals surface area contributed by atoms with Gasteiger partial charge in [0, 0.05) is 25.0 Å². The summed E-state index contributed by atoms with van der Waals surface area (Å²) in [5, 5.41) is 15.9. The van der Waals surface area contributed by atoms with Gasteiger partial charge in [-0.05, 0) is 38.0 Å². The highest BCUT2D eigenvalue weighted by Gasteiger charge is 2.36. The number of methoxy groups -OCH3 is 2. The van der Waals surface area contributed by atoms with Crippen LogP contribution in [0.5, 0.6) is 11.8 Å². The summed E-state index contributed by atoms with van der Waals surface area (Å²) in [6.45, 7) is 7.58. The van der Waals surface area contributed by atoms with E-state index in [-0.39, 0.29) is 34.5 Å². The van der Waals surface area contributed by atoms with Crippen molar-refractivity contribution in [3.63, 3.8) is 0 Å². The molecule has 0 aliphatic carbocycles. The van der Waals surface area contributed by atoms with Crippen molar-refractivity contribution < 1.29 is 36.6 Å². The predicted molar refractivity (Wildman–Crippen MR) is 124 cm³/mol. The number of thioether (sulfide) groups is 1. The first-order valence-corrected chi connectivity index (χ1v) is 12.9. The number of nitrogens with zero attached hydrogens (tertiary/aromatic N) is 4. The van der Waals surface area contributed by atoms with E-state index in [2.05, 4.69) is 20.6 Å². The normalized spacial score (nSPS) is 18.2. The molecule has 2 aliphatic heterocycles. The quantitative estimate of drug-likeness (QED) is 0.555. The minimum atomic E-state index is -3.54. The molecule has 14 heteroatoms. The Labute approximate surface area is 201 Å². The fraction of sp³-hybridized carbons (Fsp3) is 0.600. The Kier molecular flexibility index (Phi) is 7.81. The molecule has 0 atom stereocenters. The van der Waals surface area contributed by atoms with Crippen LogP contribution < -0.4 is 9.47 Å². The van der Waals surface area contributed by atoms with E-state index in [0.29, 0.717) is 11.6 Å². The summed E-state index contributed by atoms with van der Waals surface area (Å²) in [6.07, 6.45) is 1.09. The maximum absolute atomic E-state index is 12.0. The number of sulfone groups is 1. The molecule has 12 nitrogen and oxygen atoms in total. The van der Waals surface area contributed by atoms with Crippen molar-refractivity contribution in [1.82, 2.24) is 10.3 Å². The molecule has 4 rings (SSSR count). The highest BCUT2D eigenvalue weighted by molar-refractivity contribution is 8.13. The number of rotatable bonds is 6. The van der Waals surface area contributed by atoms with Crippen LogP contribution in [0.25, 0.3) is 0 Å². The van der Waals surface area contributed by atoms with Crippen LogP contribution >= 0.6 is 11.8 Å². The standard InChI is InChI=1S/C10H14N2O5S.C10H14N2O3S/c1-10(2)5-9(12-17-10)18(13,14)6-7-4-8(15-3)11-16-7;1-10(2)5-9(12-15-10)16-6-7-4-8(13-3)11-14-7/h4H,5-6H2,1-3H3;4H,5-6H2,1-3H3. The molecule has 0 saturated heterocycles. The number of ether oxygens (including phenoxy) is 2. The third-order valence-corrected chi connectivity index (χ3v) is 7.09. The monoisotopic (exact) mass is 516 g/mol. The third kappa shape index (κ3) is 7.13. The molecule has 188 valence electrons. The SMILES string of the molecule is COc1cc(CS(=O)(=O)C2=NOC(C)(C)C2)on1.COc1cc(CSC2=NOC(C)(C)C2)on1. The van der Waals surface area contributed by atoms with Crippen LogP contribution in [0.15, 0.2) is 31.5 Å². The van der Waals surface area contributed by atoms with E-state index < -0.39 is 15.4 Å². The van der Waals surface area contributed by atoms with Gasteiger partial charge in [0.25, 0.3) is 11.8 Å². The maximum atomic E-state index is 12.0. The van der Waals surface area contributed by atoms with Gasteiger partial charge in [-0.25, -0.2) is 8.42 Å². The molecule has 0 amide bonds. The fourth-order valence-electron chi connectivity index (χ4n) is 2.79. The molecule has 2 aliphatic rings. The third-order valence-electron chi connectivity index (χ3n) is 4.51. The average molecular weight is 517 g/mol. The van der Waals surface area contributed by atoms with E-state index in [0.717, 1.165) is 17.2 Å². The number of aromatic nitrogens is 2. The van der Waals surface area contributed by atoms with Crippen LogP contribution in [0.2, 0.25) is 0 Å². The Bertz CT molecular complexity index is 1150. The van der Waals surface area contributed by atoms with Crippen LogP contribution in [0.4, 0.5) is 0 Å². The van der Waals surface area contributed by atoms with Crippen LogP contribution in [-0.4, -0.2) is 54.2 Å². The van der Waals surface area contributed by atoms with Crippen molar-refractivity contribution >= 4 is 31.7 Å². The van der Waals surface area contributed by atoms with Gasteiger partial charge >= 0.3 is 0 Å². The van der Waals surface area contributed by atoms with Crippen molar-refractivity contribution in [1.29, 1.82) is 0 Å². The van der Waals surface area contributed by atoms with E-state index in [1.807, 2.05) is 13.8 Å². The Morgan fingerprint density at radius 2 is 1.47 bits per heavy atom. The number of hydrogen-bond donors (Lipinski definition) is 0. The van der Waals surface area contributed by atoms with Crippen molar-refractivity contribution in [3.8, 4) is 11.8 Å². The molecule has 0 saturated carbocycles. The van der Waals surface area contributed by atoms with E-state index in [1.165, 1.54) is 13.2 Å². The summed E-state index contributed by atoms with van der Waals surface area (Å²) in [6, 6.07) is 3.20. The van der Waals surface area contributed by atoms with Gasteiger partial charge in [0.15, 0.2) is 16.6 Å². The molecule has 0 fully saturated rings. The zero-order valence-corrected chi connectivity index (χ0v) is 21.5. The first kappa shape index (κ1) is 25.9. The van der Waals surface area contributed by atoms with E-state index in [9.17, 15) is 8.42 Å². The molecule has 0 spiro atoms. The lowest BCUT2D eigenvalue weighted by atomic mass is 10.1. The highest BCUT2D eigenvalue weighted by atomic mass is 32.2. The van der Waals surface area contributed by atoms with Crippen molar-refractivity contribution in [2.45, 2.75) is 63.2 Å². The van der Waals surface area contributed by atoms with E-state index >= 15 is 0 Å². The summed E-state index contributed by atoms with van der Waals surface area (Å²) >= 11 is 1.60. The topological polar surface area (TPSA) is 148 Å². The smallest absolute Gasteiger partial charge is 0.254 e. The van der Waals surface area contributed by atoms with Gasteiger partial charge in [-0.15, -0.1) is 0 Å². The van der Waals surface area contributed by atoms with Crippen LogP contribution in [-0.2, 0) is 31.0 Å². The highest BCUT2D eigenvalue weighted by Crippen LogP contribution is 2.30. The zero-order valence-electron chi connectivity index (χ0n) is 19.9. The molecular formula is C20H28N4O8S2. The second-order valence-corrected chi connectivity index (χ2v) is 11.8. The first-order chi connectivity index (χ1) is 15.9. The molecule has 0 unspecified atom stereocenters. The molecule has 0 aromatic carbocycles. The van der Waals surface area contributed by atoms with Crippen LogP contribution in [0, 0.1) is 0 Å². The molecule has 0 N–H and O–H groups in total. The predicted octanol–water partition coefficient (Wildman–Crippen LogP) is 3.54. The largest absolute Gasteiger partial charge is 0.479 e. The van der Waals surface area contributed by atoms with Gasteiger partial charge in [0.1, 0.15) is 22.0 Å². The Morgan fingerprint density at radius 1 is 0.912 bits per heavy atom. The summed E-state index contributed by atoms with van der Waals surface area (Å²) in [5.74, 6) is 2.11. The summed E-state index contributed by atoms with van der Waals surface area (Å²) in [4.78, 5) is 10.3. The second kappa shape index (κ2) is 10.3. The van der Waals surface area contributed by atoms with Gasteiger partial charge < -0.3 is 28.2 Å². The molecule has 0 radical (unpaired) electrons. The maximum Gasteiger partial charge on any atom is 0.254 e. The summed E-state index contributed by atoms with van der Waals surface area (Å²) < 4.78 is 43.8. The number of oxime groups is 2. The van der Waals surface area contributed by atoms with Gasteiger partial charge in [0.2, 0.25) is 9.84 Å². The lowest BCUT2D eigenvalue weighted by Crippen LogP contribution is -2.23. The molecule has 2 aromatic heterocycles. The second-order valence-electron chi connectivity index (χ2n) is 8.74. The van der Waals surface area contributed by atoms with Crippen LogP contribution in [0.3, 0.4) is 0 Å². The minimum absolute atomic E-state index is 0.0304. The lowest BCUT2D eigenvalue weighted by Gasteiger charge is -2.12. The van der Waals surface area contributed by atoms with E-state index in [1.54, 1.807) is 38.8 Å². The van der Waals surface area contributed by atoms with E-state index in [4.69, 9.17) is 28.2 Å². The Balaban J connectivity index is 0.000000192. The van der Waals surface area contributed by atoms with Gasteiger partial charge in [-0.1, -0.05) is 22.1 Å². The minimum Gasteiger partial charge on any atom is -0.479 e. The molecular weight excluding hydrogens is 488 g/mol. The molecule has 4 heterocycles. The number of hydrogen-bond acceptors (Lipinski definition) is 13. The Morgan fingerprint density at radius 3 is 1.97 bits per heavy atom. The van der Waals surface area contributed by atoms with Crippen molar-refractivity contribution in [2.24, 2.45) is 10.3 Å². The summed E-state index contributed by atoms with van der Waals surface area (Å²) in [7, 11) is -0.557. The van der Waals surface area contributed by atoms with Gasteiger partial charge in [-0.2, -0.15) is 0 Å². The zero-order chi connectivity index (χ0) is 25.0. The molecule has 2 aromatic rings. The average Bonchev–Trinajstić information content (AvgIpc) is 3.54. The molecule has 34 heavy (non-hydrogen) atoms. The van der Waals surface area contributed by atoms with Gasteiger partial charge in [0.05, 0.1) is 20.0 Å². The first-order valence-electron chi connectivity index (χ1n) is 10.3. The van der Waals surface area contributed by atoms with Gasteiger partial charge in [-0.3, -0.25) is 0 Å². The lowest BCUT2D eigenvalue weighted by molar-refractivity contribution is 0.0120. The summed E-state index contributed by atoms with van der Waals surface area (Å²) in [5.41, 5.74) is -0.761. The molecule has 0 bridgehead atoms. The van der Waals surface area contributed by atoms with Crippen molar-refractivity contribution in [3.05, 3.63) is 23.7 Å². The Hall–Kier alpha value is -2.74. The van der Waals surface area contributed by atoms with Crippen LogP contribution in [0.1, 0.15) is 52.1 Å². The fourth-order valence-corrected chi connectivity index (χ4v) is 5.17. The van der Waals surface area contributed by atoms with Crippen molar-refractivity contribution in [2.75, 3.05) is 14.2 Å².